The van der Waals surface area contributed by atoms with Crippen LogP contribution in [0.2, 0.25) is 10.6 Å². The Morgan fingerprint density at radius 1 is 0.944 bits per heavy atom. The average Bonchev–Trinajstić information content (AvgIpc) is 2.69. The van der Waals surface area contributed by atoms with Gasteiger partial charge in [-0.1, -0.05) is 12.1 Å². The quantitative estimate of drug-likeness (QED) is 0.778. The number of oxazole rings is 1. The molecule has 1 aromatic carbocycles. The molecule has 0 saturated carbocycles. The Morgan fingerprint density at radius 2 is 1.67 bits per heavy atom. The zero-order valence-electron chi connectivity index (χ0n) is 8.76. The van der Waals surface area contributed by atoms with Crippen LogP contribution in [-0.2, 0) is 0 Å². The molecule has 0 radical (unpaired) electrons. The Labute approximate surface area is 111 Å². The van der Waals surface area contributed by atoms with Crippen LogP contribution >= 0.6 is 23.2 Å². The predicted octanol–water partition coefficient (Wildman–Crippen LogP) is 3.06. The number of benzene rings is 1. The first-order valence-corrected chi connectivity index (χ1v) is 5.66. The summed E-state index contributed by atoms with van der Waals surface area (Å²) in [5.74, 6) is 0.173. The summed E-state index contributed by atoms with van der Waals surface area (Å²) in [7, 11) is 0. The molecule has 3 rings (SSSR count). The molecule has 0 bridgehead atoms. The number of aromatic nitrogens is 4. The van der Waals surface area contributed by atoms with Gasteiger partial charge in [0.2, 0.25) is 16.5 Å². The second kappa shape index (κ2) is 4.40. The van der Waals surface area contributed by atoms with E-state index in [2.05, 4.69) is 25.3 Å². The normalized spacial score (nSPS) is 10.8. The van der Waals surface area contributed by atoms with Crippen molar-refractivity contribution in [1.29, 1.82) is 0 Å². The van der Waals surface area contributed by atoms with Crippen LogP contribution in [0.4, 0.5) is 12.0 Å². The second-order valence-electron chi connectivity index (χ2n) is 3.31. The van der Waals surface area contributed by atoms with E-state index in [0.717, 1.165) is 5.52 Å². The number of nitrogens with one attached hydrogen (secondary N) is 1. The van der Waals surface area contributed by atoms with E-state index in [1.165, 1.54) is 0 Å². The first-order valence-electron chi connectivity index (χ1n) is 4.90. The number of rotatable bonds is 2. The van der Waals surface area contributed by atoms with Crippen molar-refractivity contribution in [2.24, 2.45) is 0 Å². The van der Waals surface area contributed by atoms with E-state index in [4.69, 9.17) is 27.6 Å². The topological polar surface area (TPSA) is 76.7 Å². The molecular formula is C10H5Cl2N5O. The van der Waals surface area contributed by atoms with E-state index in [1.807, 2.05) is 18.2 Å². The molecule has 0 atom stereocenters. The van der Waals surface area contributed by atoms with Crippen LogP contribution < -0.4 is 5.32 Å². The lowest BCUT2D eigenvalue weighted by molar-refractivity contribution is 0.621. The van der Waals surface area contributed by atoms with Gasteiger partial charge in [-0.25, -0.2) is 0 Å². The predicted molar refractivity (Wildman–Crippen MR) is 67.1 cm³/mol. The molecule has 0 aliphatic carbocycles. The summed E-state index contributed by atoms with van der Waals surface area (Å²) in [5.41, 5.74) is 1.39. The molecule has 18 heavy (non-hydrogen) atoms. The highest BCUT2D eigenvalue weighted by atomic mass is 35.5. The zero-order chi connectivity index (χ0) is 12.5. The fourth-order valence-electron chi connectivity index (χ4n) is 1.40. The van der Waals surface area contributed by atoms with Gasteiger partial charge in [0.1, 0.15) is 5.52 Å². The fraction of sp³-hybridized carbons (Fsp3) is 0. The minimum atomic E-state index is -0.00592. The van der Waals surface area contributed by atoms with Gasteiger partial charge in [-0.15, -0.1) is 0 Å². The van der Waals surface area contributed by atoms with Crippen molar-refractivity contribution in [3.8, 4) is 0 Å². The standard InChI is InChI=1S/C10H5Cl2N5O/c11-7-14-8(12)16-9(15-7)17-10-13-5-3-1-2-4-6(5)18-10/h1-4H,(H,13,14,15,16,17). The van der Waals surface area contributed by atoms with E-state index in [0.29, 0.717) is 5.58 Å². The van der Waals surface area contributed by atoms with Crippen LogP contribution in [0.15, 0.2) is 28.7 Å². The zero-order valence-corrected chi connectivity index (χ0v) is 10.3. The molecule has 2 heterocycles. The summed E-state index contributed by atoms with van der Waals surface area (Å²) in [6.07, 6.45) is 0. The largest absolute Gasteiger partial charge is 0.423 e. The number of hydrogen-bond acceptors (Lipinski definition) is 6. The lowest BCUT2D eigenvalue weighted by atomic mass is 10.3. The van der Waals surface area contributed by atoms with Gasteiger partial charge in [0.05, 0.1) is 0 Å². The molecule has 0 fully saturated rings. The van der Waals surface area contributed by atoms with Crippen molar-refractivity contribution in [3.63, 3.8) is 0 Å². The average molecular weight is 282 g/mol. The number of para-hydroxylation sites is 2. The Balaban J connectivity index is 1.96. The number of fused-ring (bicyclic) bond motifs is 1. The van der Waals surface area contributed by atoms with Crippen LogP contribution in [0.1, 0.15) is 0 Å². The van der Waals surface area contributed by atoms with Gasteiger partial charge in [-0.05, 0) is 35.3 Å². The van der Waals surface area contributed by atoms with Crippen molar-refractivity contribution in [1.82, 2.24) is 19.9 Å². The molecule has 0 unspecified atom stereocenters. The van der Waals surface area contributed by atoms with Gasteiger partial charge in [-0.3, -0.25) is 5.32 Å². The minimum Gasteiger partial charge on any atom is -0.423 e. The fourth-order valence-corrected chi connectivity index (χ4v) is 1.77. The molecule has 1 N–H and O–H groups in total. The SMILES string of the molecule is Clc1nc(Cl)nc(Nc2nc3ccccc3o2)n1. The second-order valence-corrected chi connectivity index (χ2v) is 3.98. The summed E-state index contributed by atoms with van der Waals surface area (Å²) < 4.78 is 5.44. The highest BCUT2D eigenvalue weighted by Crippen LogP contribution is 2.21. The molecule has 2 aromatic heterocycles. The van der Waals surface area contributed by atoms with Crippen LogP contribution in [0.5, 0.6) is 0 Å². The number of anilines is 2. The van der Waals surface area contributed by atoms with Crippen LogP contribution in [-0.4, -0.2) is 19.9 Å². The molecule has 6 nitrogen and oxygen atoms in total. The van der Waals surface area contributed by atoms with Crippen molar-refractivity contribution in [2.75, 3.05) is 5.32 Å². The van der Waals surface area contributed by atoms with Gasteiger partial charge >= 0.3 is 6.01 Å². The van der Waals surface area contributed by atoms with Crippen molar-refractivity contribution in [3.05, 3.63) is 34.8 Å². The first-order chi connectivity index (χ1) is 8.70. The van der Waals surface area contributed by atoms with Crippen molar-refractivity contribution in [2.45, 2.75) is 0 Å². The molecule has 0 spiro atoms. The van der Waals surface area contributed by atoms with Crippen LogP contribution in [0, 0.1) is 0 Å². The third-order valence-corrected chi connectivity index (χ3v) is 2.43. The Morgan fingerprint density at radius 3 is 2.39 bits per heavy atom. The summed E-state index contributed by atoms with van der Waals surface area (Å²) in [6.45, 7) is 0. The molecule has 0 amide bonds. The minimum absolute atomic E-state index is 0.00592. The van der Waals surface area contributed by atoms with Gasteiger partial charge in [-0.2, -0.15) is 19.9 Å². The first kappa shape index (κ1) is 11.2. The maximum Gasteiger partial charge on any atom is 0.302 e. The van der Waals surface area contributed by atoms with Gasteiger partial charge in [0.25, 0.3) is 0 Å². The summed E-state index contributed by atoms with van der Waals surface area (Å²) in [5, 5.41) is 2.75. The van der Waals surface area contributed by atoms with Crippen molar-refractivity contribution < 1.29 is 4.42 Å². The van der Waals surface area contributed by atoms with E-state index < -0.39 is 0 Å². The third-order valence-electron chi connectivity index (χ3n) is 2.09. The molecule has 0 saturated heterocycles. The monoisotopic (exact) mass is 281 g/mol. The summed E-state index contributed by atoms with van der Waals surface area (Å²) >= 11 is 11.3. The van der Waals surface area contributed by atoms with Crippen LogP contribution in [0.25, 0.3) is 11.1 Å². The smallest absolute Gasteiger partial charge is 0.302 e. The lowest BCUT2D eigenvalue weighted by Gasteiger charge is -1.99. The maximum absolute atomic E-state index is 5.66. The number of nitrogens with zero attached hydrogens (tertiary/aromatic N) is 4. The van der Waals surface area contributed by atoms with E-state index in [9.17, 15) is 0 Å². The van der Waals surface area contributed by atoms with Gasteiger partial charge < -0.3 is 4.42 Å². The Kier molecular flexibility index (Phi) is 2.73. The van der Waals surface area contributed by atoms with E-state index in [1.54, 1.807) is 6.07 Å². The van der Waals surface area contributed by atoms with Gasteiger partial charge in [0, 0.05) is 0 Å². The van der Waals surface area contributed by atoms with Gasteiger partial charge in [0.15, 0.2) is 5.58 Å². The van der Waals surface area contributed by atoms with Crippen LogP contribution in [0.3, 0.4) is 0 Å². The van der Waals surface area contributed by atoms with E-state index >= 15 is 0 Å². The lowest BCUT2D eigenvalue weighted by Crippen LogP contribution is -1.99. The maximum atomic E-state index is 5.66. The van der Waals surface area contributed by atoms with Crippen molar-refractivity contribution >= 4 is 46.3 Å². The third kappa shape index (κ3) is 2.20. The molecule has 90 valence electrons. The molecule has 0 aliphatic heterocycles. The number of hydrogen-bond donors (Lipinski definition) is 1. The highest BCUT2D eigenvalue weighted by molar-refractivity contribution is 6.31. The highest BCUT2D eigenvalue weighted by Gasteiger charge is 2.08. The Hall–Kier alpha value is -1.92. The summed E-state index contributed by atoms with van der Waals surface area (Å²) in [6, 6.07) is 7.62. The summed E-state index contributed by atoms with van der Waals surface area (Å²) in [4.78, 5) is 15.5. The molecule has 0 aliphatic rings. The molecule has 3 aromatic rings. The van der Waals surface area contributed by atoms with E-state index in [-0.39, 0.29) is 22.5 Å². The molecular weight excluding hydrogens is 277 g/mol. The molecule has 8 heteroatoms. The Bertz CT molecular complexity index is 661. The number of halogens is 2.